The summed E-state index contributed by atoms with van der Waals surface area (Å²) in [4.78, 5) is 1.18. The second-order valence-electron chi connectivity index (χ2n) is 5.16. The standard InChI is InChI=1S/C17H23NO2S/c1-4-10-19-14-7-5-6-8-15(14)20-16(13(3)18)17-12(2)9-11-21-17/h5-9,11,13,16H,4,10,18H2,1-3H3. The molecule has 1 aromatic carbocycles. The van der Waals surface area contributed by atoms with Crippen LogP contribution in [0.5, 0.6) is 11.5 Å². The van der Waals surface area contributed by atoms with Crippen LogP contribution in [-0.4, -0.2) is 12.6 Å². The molecule has 21 heavy (non-hydrogen) atoms. The largest absolute Gasteiger partial charge is 0.490 e. The van der Waals surface area contributed by atoms with E-state index >= 15 is 0 Å². The van der Waals surface area contributed by atoms with E-state index in [9.17, 15) is 0 Å². The van der Waals surface area contributed by atoms with E-state index in [-0.39, 0.29) is 12.1 Å². The third kappa shape index (κ3) is 3.99. The molecule has 2 unspecified atom stereocenters. The molecule has 1 heterocycles. The van der Waals surface area contributed by atoms with E-state index in [4.69, 9.17) is 15.2 Å². The van der Waals surface area contributed by atoms with Crippen LogP contribution in [0.4, 0.5) is 0 Å². The quantitative estimate of drug-likeness (QED) is 0.829. The zero-order valence-electron chi connectivity index (χ0n) is 12.8. The highest BCUT2D eigenvalue weighted by Crippen LogP contribution is 2.35. The number of hydrogen-bond acceptors (Lipinski definition) is 4. The maximum absolute atomic E-state index is 6.19. The number of hydrogen-bond donors (Lipinski definition) is 1. The van der Waals surface area contributed by atoms with Crippen molar-refractivity contribution in [2.75, 3.05) is 6.61 Å². The maximum atomic E-state index is 6.19. The van der Waals surface area contributed by atoms with Crippen LogP contribution in [0.1, 0.15) is 36.8 Å². The number of aryl methyl sites for hydroxylation is 1. The zero-order valence-corrected chi connectivity index (χ0v) is 13.7. The number of rotatable bonds is 7. The van der Waals surface area contributed by atoms with Gasteiger partial charge in [0.2, 0.25) is 0 Å². The summed E-state index contributed by atoms with van der Waals surface area (Å²) in [5.41, 5.74) is 7.35. The molecule has 0 radical (unpaired) electrons. The fourth-order valence-corrected chi connectivity index (χ4v) is 3.16. The highest BCUT2D eigenvalue weighted by Gasteiger charge is 2.22. The second kappa shape index (κ2) is 7.48. The van der Waals surface area contributed by atoms with Crippen molar-refractivity contribution in [1.29, 1.82) is 0 Å². The fraction of sp³-hybridized carbons (Fsp3) is 0.412. The summed E-state index contributed by atoms with van der Waals surface area (Å²) >= 11 is 1.68. The normalized spacial score (nSPS) is 13.7. The number of nitrogens with two attached hydrogens (primary N) is 1. The average Bonchev–Trinajstić information content (AvgIpc) is 2.89. The molecule has 4 heteroatoms. The lowest BCUT2D eigenvalue weighted by Gasteiger charge is -2.23. The minimum absolute atomic E-state index is 0.0958. The predicted molar refractivity (Wildman–Crippen MR) is 88.3 cm³/mol. The molecule has 0 saturated carbocycles. The highest BCUT2D eigenvalue weighted by molar-refractivity contribution is 7.10. The molecule has 0 fully saturated rings. The summed E-state index contributed by atoms with van der Waals surface area (Å²) in [7, 11) is 0. The van der Waals surface area contributed by atoms with Gasteiger partial charge in [-0.3, -0.25) is 0 Å². The van der Waals surface area contributed by atoms with Gasteiger partial charge in [-0.25, -0.2) is 0 Å². The van der Waals surface area contributed by atoms with Crippen molar-refractivity contribution in [2.45, 2.75) is 39.3 Å². The minimum atomic E-state index is -0.156. The van der Waals surface area contributed by atoms with E-state index in [0.717, 1.165) is 17.9 Å². The van der Waals surface area contributed by atoms with Crippen LogP contribution in [0.25, 0.3) is 0 Å². The lowest BCUT2D eigenvalue weighted by Crippen LogP contribution is -2.29. The van der Waals surface area contributed by atoms with Crippen LogP contribution < -0.4 is 15.2 Å². The maximum Gasteiger partial charge on any atom is 0.162 e. The first-order valence-electron chi connectivity index (χ1n) is 7.31. The topological polar surface area (TPSA) is 44.5 Å². The summed E-state index contributed by atoms with van der Waals surface area (Å²) in [6, 6.07) is 9.77. The molecule has 0 bridgehead atoms. The van der Waals surface area contributed by atoms with E-state index in [1.165, 1.54) is 10.4 Å². The lowest BCUT2D eigenvalue weighted by molar-refractivity contribution is 0.172. The molecular weight excluding hydrogens is 282 g/mol. The molecule has 114 valence electrons. The lowest BCUT2D eigenvalue weighted by atomic mass is 10.1. The molecule has 1 aromatic heterocycles. The molecule has 0 saturated heterocycles. The Labute approximate surface area is 130 Å². The van der Waals surface area contributed by atoms with Crippen LogP contribution in [0.2, 0.25) is 0 Å². The Kier molecular flexibility index (Phi) is 5.65. The first kappa shape index (κ1) is 15.9. The molecule has 0 spiro atoms. The minimum Gasteiger partial charge on any atom is -0.490 e. The first-order chi connectivity index (χ1) is 10.1. The Hall–Kier alpha value is -1.52. The van der Waals surface area contributed by atoms with Gasteiger partial charge in [0.05, 0.1) is 6.61 Å². The highest BCUT2D eigenvalue weighted by atomic mass is 32.1. The Balaban J connectivity index is 2.24. The summed E-state index contributed by atoms with van der Waals surface area (Å²) in [6.45, 7) is 6.83. The molecule has 2 aromatic rings. The van der Waals surface area contributed by atoms with Crippen molar-refractivity contribution in [3.05, 3.63) is 46.2 Å². The van der Waals surface area contributed by atoms with Crippen LogP contribution in [0, 0.1) is 6.92 Å². The molecule has 2 atom stereocenters. The molecule has 2 N–H and O–H groups in total. The van der Waals surface area contributed by atoms with Crippen molar-refractivity contribution < 1.29 is 9.47 Å². The van der Waals surface area contributed by atoms with E-state index in [2.05, 4.69) is 25.3 Å². The van der Waals surface area contributed by atoms with Crippen molar-refractivity contribution in [1.82, 2.24) is 0 Å². The number of ether oxygens (including phenoxy) is 2. The molecule has 3 nitrogen and oxygen atoms in total. The van der Waals surface area contributed by atoms with Crippen molar-refractivity contribution >= 4 is 11.3 Å². The molecule has 0 aliphatic rings. The number of thiophene rings is 1. The van der Waals surface area contributed by atoms with Crippen molar-refractivity contribution in [2.24, 2.45) is 5.73 Å². The van der Waals surface area contributed by atoms with Crippen molar-refractivity contribution in [3.8, 4) is 11.5 Å². The Morgan fingerprint density at radius 3 is 2.48 bits per heavy atom. The van der Waals surface area contributed by atoms with Gasteiger partial charge in [0.15, 0.2) is 11.5 Å². The van der Waals surface area contributed by atoms with Gasteiger partial charge in [-0.1, -0.05) is 19.1 Å². The van der Waals surface area contributed by atoms with Gasteiger partial charge in [-0.05, 0) is 49.4 Å². The summed E-state index contributed by atoms with van der Waals surface area (Å²) < 4.78 is 11.9. The van der Waals surface area contributed by atoms with E-state index in [1.54, 1.807) is 11.3 Å². The monoisotopic (exact) mass is 305 g/mol. The average molecular weight is 305 g/mol. The molecule has 0 amide bonds. The van der Waals surface area contributed by atoms with Crippen LogP contribution in [-0.2, 0) is 0 Å². The van der Waals surface area contributed by atoms with Gasteiger partial charge in [-0.15, -0.1) is 11.3 Å². The zero-order chi connectivity index (χ0) is 15.2. The fourth-order valence-electron chi connectivity index (χ4n) is 2.09. The van der Waals surface area contributed by atoms with E-state index in [1.807, 2.05) is 31.2 Å². The Morgan fingerprint density at radius 2 is 1.90 bits per heavy atom. The third-order valence-corrected chi connectivity index (χ3v) is 4.28. The molecule has 0 aliphatic carbocycles. The van der Waals surface area contributed by atoms with Gasteiger partial charge in [0.1, 0.15) is 6.10 Å². The number of para-hydroxylation sites is 2. The third-order valence-electron chi connectivity index (χ3n) is 3.20. The SMILES string of the molecule is CCCOc1ccccc1OC(c1sccc1C)C(C)N. The summed E-state index contributed by atoms with van der Waals surface area (Å²) in [5.74, 6) is 1.53. The van der Waals surface area contributed by atoms with E-state index < -0.39 is 0 Å². The van der Waals surface area contributed by atoms with Crippen LogP contribution in [0.3, 0.4) is 0 Å². The Bertz CT molecular complexity index is 565. The summed E-state index contributed by atoms with van der Waals surface area (Å²) in [5, 5.41) is 2.07. The van der Waals surface area contributed by atoms with E-state index in [0.29, 0.717) is 6.61 Å². The smallest absolute Gasteiger partial charge is 0.162 e. The van der Waals surface area contributed by atoms with Gasteiger partial charge < -0.3 is 15.2 Å². The molecular formula is C17H23NO2S. The van der Waals surface area contributed by atoms with Gasteiger partial charge >= 0.3 is 0 Å². The molecule has 0 aliphatic heterocycles. The Morgan fingerprint density at radius 1 is 1.19 bits per heavy atom. The first-order valence-corrected chi connectivity index (χ1v) is 8.19. The van der Waals surface area contributed by atoms with Crippen LogP contribution >= 0.6 is 11.3 Å². The predicted octanol–water partition coefficient (Wildman–Crippen LogP) is 4.31. The van der Waals surface area contributed by atoms with Crippen molar-refractivity contribution in [3.63, 3.8) is 0 Å². The van der Waals surface area contributed by atoms with Crippen LogP contribution in [0.15, 0.2) is 35.7 Å². The van der Waals surface area contributed by atoms with Gasteiger partial charge in [0, 0.05) is 10.9 Å². The summed E-state index contributed by atoms with van der Waals surface area (Å²) in [6.07, 6.45) is 0.811. The van der Waals surface area contributed by atoms with Gasteiger partial charge in [0.25, 0.3) is 0 Å². The molecule has 2 rings (SSSR count). The number of benzene rings is 1. The second-order valence-corrected chi connectivity index (χ2v) is 6.11. The van der Waals surface area contributed by atoms with Gasteiger partial charge in [-0.2, -0.15) is 0 Å².